The van der Waals surface area contributed by atoms with Crippen LogP contribution in [-0.4, -0.2) is 23.3 Å². The third-order valence-corrected chi connectivity index (χ3v) is 3.31. The Morgan fingerprint density at radius 2 is 2.29 bits per heavy atom. The highest BCUT2D eigenvalue weighted by atomic mass is 32.1. The highest BCUT2D eigenvalue weighted by Gasteiger charge is 2.07. The first-order valence-corrected chi connectivity index (χ1v) is 6.34. The van der Waals surface area contributed by atoms with Crippen LogP contribution in [0.5, 0.6) is 5.75 Å². The second-order valence-electron chi connectivity index (χ2n) is 3.93. The number of aliphatic hydroxyl groups is 1. The molecule has 1 aromatic carbocycles. The number of rotatable bonds is 4. The van der Waals surface area contributed by atoms with Crippen molar-refractivity contribution in [2.75, 3.05) is 7.11 Å². The molecule has 0 aliphatic heterocycles. The molecule has 0 radical (unpaired) electrons. The monoisotopic (exact) mass is 249 g/mol. The molecule has 1 N–H and O–H groups in total. The van der Waals surface area contributed by atoms with E-state index in [1.54, 1.807) is 25.4 Å². The van der Waals surface area contributed by atoms with Crippen molar-refractivity contribution in [1.82, 2.24) is 4.98 Å². The zero-order chi connectivity index (χ0) is 12.3. The van der Waals surface area contributed by atoms with E-state index in [1.165, 1.54) is 0 Å². The summed E-state index contributed by atoms with van der Waals surface area (Å²) >= 11 is 1.59. The van der Waals surface area contributed by atoms with Crippen LogP contribution in [0.15, 0.2) is 29.6 Å². The van der Waals surface area contributed by atoms with Crippen LogP contribution in [0.3, 0.4) is 0 Å². The second-order valence-corrected chi connectivity index (χ2v) is 4.79. The molecule has 0 saturated heterocycles. The van der Waals surface area contributed by atoms with Crippen molar-refractivity contribution >= 4 is 11.3 Å². The molecule has 1 atom stereocenters. The topological polar surface area (TPSA) is 42.4 Å². The number of aromatic nitrogens is 1. The van der Waals surface area contributed by atoms with Gasteiger partial charge in [0.05, 0.1) is 18.9 Å². The molecular formula is C13H15NO2S. The van der Waals surface area contributed by atoms with Crippen LogP contribution in [-0.2, 0) is 6.42 Å². The van der Waals surface area contributed by atoms with Gasteiger partial charge in [0.15, 0.2) is 0 Å². The molecule has 17 heavy (non-hydrogen) atoms. The van der Waals surface area contributed by atoms with Crippen LogP contribution < -0.4 is 4.74 Å². The summed E-state index contributed by atoms with van der Waals surface area (Å²) in [6.07, 6.45) is 0.246. The minimum atomic E-state index is -0.352. The number of aliphatic hydroxyl groups excluding tert-OH is 1. The van der Waals surface area contributed by atoms with Crippen molar-refractivity contribution in [2.24, 2.45) is 0 Å². The second kappa shape index (κ2) is 5.29. The summed E-state index contributed by atoms with van der Waals surface area (Å²) in [4.78, 5) is 4.50. The van der Waals surface area contributed by atoms with E-state index in [-0.39, 0.29) is 6.10 Å². The number of hydrogen-bond donors (Lipinski definition) is 1. The third-order valence-electron chi connectivity index (χ3n) is 2.37. The molecule has 1 unspecified atom stereocenters. The van der Waals surface area contributed by atoms with Crippen molar-refractivity contribution in [3.8, 4) is 16.3 Å². The standard InChI is InChI=1S/C13H15NO2S/c1-9(15)6-11-8-17-13(14-11)10-4-3-5-12(7-10)16-2/h3-5,7-9,15H,6H2,1-2H3. The average molecular weight is 249 g/mol. The number of hydrogen-bond acceptors (Lipinski definition) is 4. The molecule has 2 rings (SSSR count). The van der Waals surface area contributed by atoms with E-state index in [1.807, 2.05) is 29.6 Å². The lowest BCUT2D eigenvalue weighted by molar-refractivity contribution is 0.194. The van der Waals surface area contributed by atoms with Gasteiger partial charge < -0.3 is 9.84 Å². The number of methoxy groups -OCH3 is 1. The normalized spacial score (nSPS) is 12.4. The smallest absolute Gasteiger partial charge is 0.123 e. The number of ether oxygens (including phenoxy) is 1. The predicted molar refractivity (Wildman–Crippen MR) is 69.5 cm³/mol. The van der Waals surface area contributed by atoms with Gasteiger partial charge in [-0.3, -0.25) is 0 Å². The van der Waals surface area contributed by atoms with Gasteiger partial charge in [0, 0.05) is 17.4 Å². The minimum Gasteiger partial charge on any atom is -0.497 e. The van der Waals surface area contributed by atoms with E-state index in [2.05, 4.69) is 4.98 Å². The number of thiazole rings is 1. The summed E-state index contributed by atoms with van der Waals surface area (Å²) in [5.41, 5.74) is 1.98. The maximum atomic E-state index is 9.31. The van der Waals surface area contributed by atoms with Crippen LogP contribution in [0.2, 0.25) is 0 Å². The van der Waals surface area contributed by atoms with Gasteiger partial charge in [-0.15, -0.1) is 11.3 Å². The molecule has 0 amide bonds. The Balaban J connectivity index is 2.24. The largest absolute Gasteiger partial charge is 0.497 e. The van der Waals surface area contributed by atoms with Crippen molar-refractivity contribution in [3.05, 3.63) is 35.3 Å². The van der Waals surface area contributed by atoms with Crippen molar-refractivity contribution in [3.63, 3.8) is 0 Å². The van der Waals surface area contributed by atoms with Crippen LogP contribution in [0, 0.1) is 0 Å². The maximum absolute atomic E-state index is 9.31. The molecular weight excluding hydrogens is 234 g/mol. The summed E-state index contributed by atoms with van der Waals surface area (Å²) in [5.74, 6) is 0.828. The first-order chi connectivity index (χ1) is 8.19. The molecule has 0 aliphatic rings. The van der Waals surface area contributed by atoms with Gasteiger partial charge in [0.25, 0.3) is 0 Å². The van der Waals surface area contributed by atoms with Gasteiger partial charge in [0.1, 0.15) is 10.8 Å². The summed E-state index contributed by atoms with van der Waals surface area (Å²) in [6, 6.07) is 7.83. The zero-order valence-electron chi connectivity index (χ0n) is 9.88. The Labute approximate surface area is 105 Å². The highest BCUT2D eigenvalue weighted by Crippen LogP contribution is 2.27. The van der Waals surface area contributed by atoms with E-state index in [0.29, 0.717) is 6.42 Å². The fourth-order valence-corrected chi connectivity index (χ4v) is 2.42. The molecule has 3 nitrogen and oxygen atoms in total. The Kier molecular flexibility index (Phi) is 3.76. The van der Waals surface area contributed by atoms with E-state index < -0.39 is 0 Å². The van der Waals surface area contributed by atoms with E-state index in [4.69, 9.17) is 4.74 Å². The molecule has 0 saturated carbocycles. The Morgan fingerprint density at radius 1 is 1.47 bits per heavy atom. The van der Waals surface area contributed by atoms with E-state index >= 15 is 0 Å². The third kappa shape index (κ3) is 3.05. The average Bonchev–Trinajstić information content (AvgIpc) is 2.77. The summed E-state index contributed by atoms with van der Waals surface area (Å²) in [7, 11) is 1.65. The van der Waals surface area contributed by atoms with Crippen LogP contribution in [0.25, 0.3) is 10.6 Å². The first kappa shape index (κ1) is 12.1. The fourth-order valence-electron chi connectivity index (χ4n) is 1.59. The lowest BCUT2D eigenvalue weighted by atomic mass is 10.2. The minimum absolute atomic E-state index is 0.352. The zero-order valence-corrected chi connectivity index (χ0v) is 10.7. The van der Waals surface area contributed by atoms with E-state index in [9.17, 15) is 5.11 Å². The highest BCUT2D eigenvalue weighted by molar-refractivity contribution is 7.13. The number of nitrogens with zero attached hydrogens (tertiary/aromatic N) is 1. The van der Waals surface area contributed by atoms with Crippen LogP contribution in [0.4, 0.5) is 0 Å². The SMILES string of the molecule is COc1cccc(-c2nc(CC(C)O)cs2)c1. The molecule has 0 bridgehead atoms. The Morgan fingerprint density at radius 3 is 3.00 bits per heavy atom. The lowest BCUT2D eigenvalue weighted by Crippen LogP contribution is -2.04. The van der Waals surface area contributed by atoms with Crippen molar-refractivity contribution in [1.29, 1.82) is 0 Å². The summed E-state index contributed by atoms with van der Waals surface area (Å²) in [5, 5.41) is 12.3. The fraction of sp³-hybridized carbons (Fsp3) is 0.308. The molecule has 0 fully saturated rings. The van der Waals surface area contributed by atoms with Gasteiger partial charge in [-0.25, -0.2) is 4.98 Å². The van der Waals surface area contributed by atoms with Crippen molar-refractivity contribution < 1.29 is 9.84 Å². The van der Waals surface area contributed by atoms with Crippen molar-refractivity contribution in [2.45, 2.75) is 19.4 Å². The molecule has 90 valence electrons. The Hall–Kier alpha value is -1.39. The van der Waals surface area contributed by atoms with Gasteiger partial charge in [0.2, 0.25) is 0 Å². The molecule has 1 aromatic heterocycles. The van der Waals surface area contributed by atoms with Gasteiger partial charge >= 0.3 is 0 Å². The summed E-state index contributed by atoms with van der Waals surface area (Å²) in [6.45, 7) is 1.77. The molecule has 4 heteroatoms. The van der Waals surface area contributed by atoms with Gasteiger partial charge in [-0.2, -0.15) is 0 Å². The lowest BCUT2D eigenvalue weighted by Gasteiger charge is -2.01. The van der Waals surface area contributed by atoms with E-state index in [0.717, 1.165) is 22.0 Å². The molecule has 1 heterocycles. The van der Waals surface area contributed by atoms with Gasteiger partial charge in [-0.05, 0) is 19.1 Å². The molecule has 0 spiro atoms. The first-order valence-electron chi connectivity index (χ1n) is 5.46. The van der Waals surface area contributed by atoms with Crippen LogP contribution in [0.1, 0.15) is 12.6 Å². The maximum Gasteiger partial charge on any atom is 0.123 e. The number of benzene rings is 1. The quantitative estimate of drug-likeness (QED) is 0.906. The Bertz CT molecular complexity index is 494. The molecule has 0 aliphatic carbocycles. The van der Waals surface area contributed by atoms with Gasteiger partial charge in [-0.1, -0.05) is 12.1 Å². The van der Waals surface area contributed by atoms with Crippen LogP contribution >= 0.6 is 11.3 Å². The predicted octanol–water partition coefficient (Wildman–Crippen LogP) is 2.74. The molecule has 2 aromatic rings. The summed E-state index contributed by atoms with van der Waals surface area (Å²) < 4.78 is 5.18.